The fourth-order valence-electron chi connectivity index (χ4n) is 1.81. The molecule has 0 aliphatic carbocycles. The molecule has 0 spiro atoms. The van der Waals surface area contributed by atoms with Crippen LogP contribution in [0.4, 0.5) is 0 Å². The number of hydrogen-bond acceptors (Lipinski definition) is 4. The monoisotopic (exact) mass is 420 g/mol. The van der Waals surface area contributed by atoms with Crippen LogP contribution in [0.5, 0.6) is 11.5 Å². The first-order valence-electron chi connectivity index (χ1n) is 6.62. The van der Waals surface area contributed by atoms with Gasteiger partial charge in [-0.1, -0.05) is 25.3 Å². The predicted octanol–water partition coefficient (Wildman–Crippen LogP) is 4.14. The van der Waals surface area contributed by atoms with Crippen LogP contribution in [0.3, 0.4) is 0 Å². The number of benzene rings is 2. The van der Waals surface area contributed by atoms with Gasteiger partial charge in [-0.05, 0) is 64.0 Å². The van der Waals surface area contributed by atoms with Crippen LogP contribution in [0.2, 0.25) is 0 Å². The van der Waals surface area contributed by atoms with E-state index in [9.17, 15) is 9.59 Å². The smallest absolute Gasteiger partial charge is 0.335 e. The third-order valence-corrected chi connectivity index (χ3v) is 3.77. The molecule has 0 heterocycles. The molecule has 0 aliphatic heterocycles. The summed E-state index contributed by atoms with van der Waals surface area (Å²) >= 11 is 2.17. The Morgan fingerprint density at radius 2 is 1.39 bits per heavy atom. The Hall–Kier alpha value is -2.41. The molecule has 5 heteroatoms. The van der Waals surface area contributed by atoms with E-state index >= 15 is 0 Å². The maximum absolute atomic E-state index is 11.2. The summed E-state index contributed by atoms with van der Waals surface area (Å²) in [5.41, 5.74) is 1.93. The Bertz CT molecular complexity index is 763. The van der Waals surface area contributed by atoms with Gasteiger partial charge in [0.05, 0.1) is 0 Å². The van der Waals surface area contributed by atoms with Crippen molar-refractivity contribution in [2.24, 2.45) is 0 Å². The number of hydrogen-bond donors (Lipinski definition) is 0. The van der Waals surface area contributed by atoms with Crippen LogP contribution in [0.25, 0.3) is 11.1 Å². The lowest BCUT2D eigenvalue weighted by Crippen LogP contribution is -2.03. The lowest BCUT2D eigenvalue weighted by molar-refractivity contribution is -0.129. The van der Waals surface area contributed by atoms with Gasteiger partial charge in [0.25, 0.3) is 0 Å². The van der Waals surface area contributed by atoms with Crippen LogP contribution < -0.4 is 9.47 Å². The quantitative estimate of drug-likeness (QED) is 0.316. The Morgan fingerprint density at radius 3 is 1.91 bits per heavy atom. The molecule has 23 heavy (non-hydrogen) atoms. The van der Waals surface area contributed by atoms with Gasteiger partial charge in [0.2, 0.25) is 0 Å². The van der Waals surface area contributed by atoms with Crippen molar-refractivity contribution in [3.05, 3.63) is 71.3 Å². The molecule has 0 radical (unpaired) electrons. The van der Waals surface area contributed by atoms with Crippen LogP contribution >= 0.6 is 22.6 Å². The van der Waals surface area contributed by atoms with E-state index in [0.29, 0.717) is 11.5 Å². The lowest BCUT2D eigenvalue weighted by Gasteiger charge is -2.08. The summed E-state index contributed by atoms with van der Waals surface area (Å²) in [6, 6.07) is 12.4. The number of rotatable bonds is 5. The minimum Gasteiger partial charge on any atom is -0.423 e. The van der Waals surface area contributed by atoms with Gasteiger partial charge in [-0.25, -0.2) is 9.59 Å². The van der Waals surface area contributed by atoms with Crippen molar-refractivity contribution in [2.75, 3.05) is 0 Å². The summed E-state index contributed by atoms with van der Waals surface area (Å²) in [5.74, 6) is -0.0903. The zero-order valence-electron chi connectivity index (χ0n) is 12.1. The van der Waals surface area contributed by atoms with Crippen molar-refractivity contribution in [1.29, 1.82) is 0 Å². The van der Waals surface area contributed by atoms with Crippen molar-refractivity contribution < 1.29 is 19.1 Å². The summed E-state index contributed by atoms with van der Waals surface area (Å²) in [7, 11) is 0. The van der Waals surface area contributed by atoms with E-state index in [1.54, 1.807) is 24.3 Å². The average molecular weight is 420 g/mol. The van der Waals surface area contributed by atoms with Crippen molar-refractivity contribution in [2.45, 2.75) is 0 Å². The van der Waals surface area contributed by atoms with Crippen LogP contribution in [0, 0.1) is 3.57 Å². The molecular weight excluding hydrogens is 407 g/mol. The van der Waals surface area contributed by atoms with E-state index in [4.69, 9.17) is 9.47 Å². The van der Waals surface area contributed by atoms with E-state index in [1.165, 1.54) is 0 Å². The summed E-state index contributed by atoms with van der Waals surface area (Å²) in [6.07, 6.45) is 2.23. The zero-order chi connectivity index (χ0) is 16.8. The molecule has 2 rings (SSSR count). The third kappa shape index (κ3) is 4.53. The highest BCUT2D eigenvalue weighted by Gasteiger charge is 2.08. The first kappa shape index (κ1) is 17.0. The van der Waals surface area contributed by atoms with Gasteiger partial charge in [0, 0.05) is 15.7 Å². The normalized spacial score (nSPS) is 9.78. The molecule has 0 N–H and O–H groups in total. The van der Waals surface area contributed by atoms with Crippen molar-refractivity contribution in [1.82, 2.24) is 0 Å². The van der Waals surface area contributed by atoms with Gasteiger partial charge in [-0.2, -0.15) is 0 Å². The van der Waals surface area contributed by atoms with E-state index in [2.05, 4.69) is 35.7 Å². The average Bonchev–Trinajstić information content (AvgIpc) is 2.55. The lowest BCUT2D eigenvalue weighted by atomic mass is 10.1. The topological polar surface area (TPSA) is 52.6 Å². The molecule has 116 valence electrons. The fourth-order valence-corrected chi connectivity index (χ4v) is 2.61. The van der Waals surface area contributed by atoms with Gasteiger partial charge in [-0.3, -0.25) is 0 Å². The minimum absolute atomic E-state index is 0.449. The molecule has 0 unspecified atom stereocenters. The van der Waals surface area contributed by atoms with E-state index in [1.807, 2.05) is 18.2 Å². The summed E-state index contributed by atoms with van der Waals surface area (Å²) < 4.78 is 11.0. The highest BCUT2D eigenvalue weighted by atomic mass is 127. The second-order valence-electron chi connectivity index (χ2n) is 4.42. The Labute approximate surface area is 147 Å². The van der Waals surface area contributed by atoms with Crippen LogP contribution in [0.15, 0.2) is 67.8 Å². The van der Waals surface area contributed by atoms with Crippen LogP contribution in [0.1, 0.15) is 0 Å². The molecule has 0 aliphatic rings. The molecule has 0 aromatic heterocycles. The Kier molecular flexibility index (Phi) is 5.70. The van der Waals surface area contributed by atoms with Crippen molar-refractivity contribution in [3.63, 3.8) is 0 Å². The van der Waals surface area contributed by atoms with Crippen LogP contribution in [-0.2, 0) is 9.59 Å². The second-order valence-corrected chi connectivity index (χ2v) is 5.58. The number of ether oxygens (including phenoxy) is 2. The summed E-state index contributed by atoms with van der Waals surface area (Å²) in [4.78, 5) is 22.4. The van der Waals surface area contributed by atoms with E-state index < -0.39 is 11.9 Å². The largest absolute Gasteiger partial charge is 0.423 e. The van der Waals surface area contributed by atoms with E-state index in [0.717, 1.165) is 26.8 Å². The highest BCUT2D eigenvalue weighted by molar-refractivity contribution is 14.1. The predicted molar refractivity (Wildman–Crippen MR) is 96.3 cm³/mol. The molecule has 0 fully saturated rings. The first-order valence-corrected chi connectivity index (χ1v) is 7.70. The number of carbonyl (C=O) groups is 2. The molecule has 0 atom stereocenters. The van der Waals surface area contributed by atoms with Gasteiger partial charge in [0.1, 0.15) is 11.5 Å². The Morgan fingerprint density at radius 1 is 0.870 bits per heavy atom. The maximum atomic E-state index is 11.2. The molecule has 2 aromatic carbocycles. The molecule has 0 saturated heterocycles. The SMILES string of the molecule is C=CC(=O)Oc1ccc(-c2ccc(OC(=O)C=C)cc2I)cc1. The zero-order valence-corrected chi connectivity index (χ0v) is 14.3. The number of halogens is 1. The van der Waals surface area contributed by atoms with Crippen LogP contribution in [-0.4, -0.2) is 11.9 Å². The summed E-state index contributed by atoms with van der Waals surface area (Å²) in [5, 5.41) is 0. The molecule has 0 saturated carbocycles. The molecule has 2 aromatic rings. The standard InChI is InChI=1S/C18H13IO4/c1-3-17(20)22-13-7-5-12(6-8-13)15-10-9-14(11-16(15)19)23-18(21)4-2/h3-11H,1-2H2. The summed E-state index contributed by atoms with van der Waals surface area (Å²) in [6.45, 7) is 6.71. The molecular formula is C18H13IO4. The van der Waals surface area contributed by atoms with E-state index in [-0.39, 0.29) is 0 Å². The van der Waals surface area contributed by atoms with Gasteiger partial charge >= 0.3 is 11.9 Å². The van der Waals surface area contributed by atoms with Crippen molar-refractivity contribution in [3.8, 4) is 22.6 Å². The minimum atomic E-state index is -0.499. The van der Waals surface area contributed by atoms with Gasteiger partial charge < -0.3 is 9.47 Å². The molecule has 0 bridgehead atoms. The maximum Gasteiger partial charge on any atom is 0.335 e. The first-order chi connectivity index (χ1) is 11.0. The number of esters is 2. The fraction of sp³-hybridized carbons (Fsp3) is 0. The number of carbonyl (C=O) groups excluding carboxylic acids is 2. The van der Waals surface area contributed by atoms with Gasteiger partial charge in [0.15, 0.2) is 0 Å². The third-order valence-electron chi connectivity index (χ3n) is 2.88. The highest BCUT2D eigenvalue weighted by Crippen LogP contribution is 2.30. The van der Waals surface area contributed by atoms with Gasteiger partial charge in [-0.15, -0.1) is 0 Å². The molecule has 4 nitrogen and oxygen atoms in total. The second kappa shape index (κ2) is 7.73. The van der Waals surface area contributed by atoms with Crippen molar-refractivity contribution >= 4 is 34.5 Å². The Balaban J connectivity index is 2.21. The molecule has 0 amide bonds.